The van der Waals surface area contributed by atoms with Crippen LogP contribution in [0.4, 0.5) is 0 Å². The molecule has 0 aromatic heterocycles. The van der Waals surface area contributed by atoms with E-state index in [1.807, 2.05) is 0 Å². The van der Waals surface area contributed by atoms with Crippen molar-refractivity contribution < 1.29 is 5.11 Å². The molecule has 1 heterocycles. The van der Waals surface area contributed by atoms with Crippen molar-refractivity contribution in [3.05, 3.63) is 11.6 Å². The Morgan fingerprint density at radius 2 is 2.00 bits per heavy atom. The Hall–Kier alpha value is -0.830. The van der Waals surface area contributed by atoms with Crippen molar-refractivity contribution in [2.75, 3.05) is 7.05 Å². The minimum absolute atomic E-state index is 0.0944. The van der Waals surface area contributed by atoms with E-state index in [2.05, 4.69) is 38.9 Å². The van der Waals surface area contributed by atoms with Crippen LogP contribution in [0.15, 0.2) is 16.8 Å². The minimum Gasteiger partial charge on any atom is -0.393 e. The second kappa shape index (κ2) is 5.12. The van der Waals surface area contributed by atoms with E-state index in [4.69, 9.17) is 5.10 Å². The van der Waals surface area contributed by atoms with Crippen LogP contribution in [0.5, 0.6) is 0 Å². The van der Waals surface area contributed by atoms with Crippen molar-refractivity contribution in [1.29, 1.82) is 0 Å². The minimum atomic E-state index is -0.0944. The number of allylic oxidation sites excluding steroid dienone is 1. The van der Waals surface area contributed by atoms with Crippen LogP contribution in [0.2, 0.25) is 0 Å². The van der Waals surface area contributed by atoms with E-state index in [-0.39, 0.29) is 6.10 Å². The smallest absolute Gasteiger partial charge is 0.0577 e. The fourth-order valence-corrected chi connectivity index (χ4v) is 8.16. The number of rotatable bonds is 0. The molecule has 25 heavy (non-hydrogen) atoms. The van der Waals surface area contributed by atoms with Gasteiger partial charge in [-0.2, -0.15) is 5.10 Å². The monoisotopic (exact) mass is 342 g/mol. The molecule has 138 valence electrons. The van der Waals surface area contributed by atoms with Crippen LogP contribution in [0, 0.1) is 34.5 Å². The molecule has 5 rings (SSSR count). The number of fused-ring (bicyclic) bond motifs is 7. The molecule has 4 aliphatic carbocycles. The predicted octanol–water partition coefficient (Wildman–Crippen LogP) is 4.23. The van der Waals surface area contributed by atoms with E-state index in [1.54, 1.807) is 5.57 Å². The first-order chi connectivity index (χ1) is 11.8. The highest BCUT2D eigenvalue weighted by Gasteiger charge is 2.63. The fourth-order valence-electron chi connectivity index (χ4n) is 8.16. The molecule has 0 spiro atoms. The van der Waals surface area contributed by atoms with Gasteiger partial charge in [0.2, 0.25) is 0 Å². The van der Waals surface area contributed by atoms with E-state index in [9.17, 15) is 5.11 Å². The maximum absolute atomic E-state index is 10.2. The molecule has 3 heteroatoms. The summed E-state index contributed by atoms with van der Waals surface area (Å²) < 4.78 is 0. The molecule has 1 N–H and O–H groups in total. The molecule has 8 atom stereocenters. The second-order valence-electron chi connectivity index (χ2n) is 10.3. The van der Waals surface area contributed by atoms with Crippen LogP contribution in [0.25, 0.3) is 0 Å². The molecular weight excluding hydrogens is 308 g/mol. The lowest BCUT2D eigenvalue weighted by atomic mass is 9.47. The van der Waals surface area contributed by atoms with Crippen molar-refractivity contribution in [1.82, 2.24) is 5.01 Å². The predicted molar refractivity (Wildman–Crippen MR) is 101 cm³/mol. The zero-order chi connectivity index (χ0) is 17.6. The molecule has 3 saturated carbocycles. The number of hydrogen-bond donors (Lipinski definition) is 1. The summed E-state index contributed by atoms with van der Waals surface area (Å²) in [7, 11) is 2.19. The first kappa shape index (κ1) is 16.4. The summed E-state index contributed by atoms with van der Waals surface area (Å²) in [5.41, 5.74) is 3.77. The van der Waals surface area contributed by atoms with E-state index in [1.165, 1.54) is 37.8 Å². The van der Waals surface area contributed by atoms with Gasteiger partial charge in [0, 0.05) is 18.7 Å². The molecule has 0 saturated heterocycles. The Morgan fingerprint density at radius 1 is 1.20 bits per heavy atom. The highest BCUT2D eigenvalue weighted by atomic mass is 16.3. The van der Waals surface area contributed by atoms with E-state index < -0.39 is 0 Å². The van der Waals surface area contributed by atoms with Gasteiger partial charge in [0.1, 0.15) is 0 Å². The average Bonchev–Trinajstić information content (AvgIpc) is 3.03. The van der Waals surface area contributed by atoms with E-state index in [0.717, 1.165) is 30.6 Å². The summed E-state index contributed by atoms with van der Waals surface area (Å²) in [6, 6.07) is 0.639. The van der Waals surface area contributed by atoms with Crippen molar-refractivity contribution in [2.24, 2.45) is 39.6 Å². The summed E-state index contributed by atoms with van der Waals surface area (Å²) in [5.74, 6) is 3.19. The number of aliphatic hydroxyl groups is 1. The Balaban J connectivity index is 1.50. The van der Waals surface area contributed by atoms with Crippen molar-refractivity contribution in [3.63, 3.8) is 0 Å². The van der Waals surface area contributed by atoms with Gasteiger partial charge >= 0.3 is 0 Å². The van der Waals surface area contributed by atoms with Crippen molar-refractivity contribution in [2.45, 2.75) is 77.9 Å². The third-order valence-electron chi connectivity index (χ3n) is 9.35. The summed E-state index contributed by atoms with van der Waals surface area (Å²) >= 11 is 0. The highest BCUT2D eigenvalue weighted by molar-refractivity contribution is 5.87. The Kier molecular flexibility index (Phi) is 3.35. The van der Waals surface area contributed by atoms with E-state index in [0.29, 0.717) is 22.8 Å². The zero-order valence-electron chi connectivity index (χ0n) is 16.3. The Labute approximate surface area is 152 Å². The van der Waals surface area contributed by atoms with Crippen LogP contribution in [-0.2, 0) is 0 Å². The Morgan fingerprint density at radius 3 is 2.80 bits per heavy atom. The van der Waals surface area contributed by atoms with Crippen LogP contribution < -0.4 is 0 Å². The number of aliphatic hydroxyl groups excluding tert-OH is 1. The van der Waals surface area contributed by atoms with Crippen molar-refractivity contribution >= 4 is 5.71 Å². The van der Waals surface area contributed by atoms with E-state index >= 15 is 0 Å². The van der Waals surface area contributed by atoms with Gasteiger partial charge in [-0.1, -0.05) is 25.5 Å². The van der Waals surface area contributed by atoms with Crippen LogP contribution in [0.1, 0.15) is 65.7 Å². The number of hydrazone groups is 1. The van der Waals surface area contributed by atoms with Gasteiger partial charge in [-0.3, -0.25) is 5.01 Å². The molecule has 0 amide bonds. The maximum Gasteiger partial charge on any atom is 0.0577 e. The molecule has 1 aliphatic heterocycles. The summed E-state index contributed by atoms with van der Waals surface area (Å²) in [4.78, 5) is 0. The molecule has 0 aromatic carbocycles. The molecular formula is C22H34N2O. The molecule has 3 nitrogen and oxygen atoms in total. The Bertz CT molecular complexity index is 654. The largest absolute Gasteiger partial charge is 0.393 e. The van der Waals surface area contributed by atoms with Gasteiger partial charge in [0.15, 0.2) is 0 Å². The van der Waals surface area contributed by atoms with Crippen LogP contribution >= 0.6 is 0 Å². The first-order valence-electron chi connectivity index (χ1n) is 10.5. The summed E-state index contributed by atoms with van der Waals surface area (Å²) in [6.45, 7) is 7.38. The van der Waals surface area contributed by atoms with Crippen LogP contribution in [0.3, 0.4) is 0 Å². The fraction of sp³-hybridized carbons (Fsp3) is 0.864. The number of nitrogens with zero attached hydrogens (tertiary/aromatic N) is 2. The van der Waals surface area contributed by atoms with Gasteiger partial charge < -0.3 is 5.11 Å². The first-order valence-corrected chi connectivity index (χ1v) is 10.5. The molecule has 5 aliphatic rings. The zero-order valence-corrected chi connectivity index (χ0v) is 16.3. The lowest BCUT2D eigenvalue weighted by Crippen LogP contribution is -2.50. The van der Waals surface area contributed by atoms with Gasteiger partial charge in [-0.25, -0.2) is 0 Å². The lowest BCUT2D eigenvalue weighted by molar-refractivity contribution is -0.0422. The van der Waals surface area contributed by atoms with Gasteiger partial charge in [-0.05, 0) is 80.5 Å². The third-order valence-corrected chi connectivity index (χ3v) is 9.35. The quantitative estimate of drug-likeness (QED) is 0.669. The van der Waals surface area contributed by atoms with Gasteiger partial charge in [0.25, 0.3) is 0 Å². The second-order valence-corrected chi connectivity index (χ2v) is 10.3. The highest BCUT2D eigenvalue weighted by Crippen LogP contribution is 2.67. The SMILES string of the molecule is CC1=NN(C)[C@@H]2C[C@H]3[C@@H]4CC=C5C[C@@H](O)CC[C@]5(C)[C@H]4CC[C@]3(C)[C@H]12. The topological polar surface area (TPSA) is 35.8 Å². The molecule has 0 bridgehead atoms. The normalized spacial score (nSPS) is 54.2. The lowest BCUT2D eigenvalue weighted by Gasteiger charge is -2.57. The van der Waals surface area contributed by atoms with Gasteiger partial charge in [-0.15, -0.1) is 0 Å². The van der Waals surface area contributed by atoms with Crippen LogP contribution in [-0.4, -0.2) is 35.0 Å². The third kappa shape index (κ3) is 1.99. The average molecular weight is 343 g/mol. The summed E-state index contributed by atoms with van der Waals surface area (Å²) in [5, 5.41) is 17.2. The molecule has 0 unspecified atom stereocenters. The molecule has 0 aromatic rings. The van der Waals surface area contributed by atoms with Crippen molar-refractivity contribution in [3.8, 4) is 0 Å². The summed E-state index contributed by atoms with van der Waals surface area (Å²) in [6.07, 6.45) is 10.9. The molecule has 0 radical (unpaired) electrons. The molecule has 3 fully saturated rings. The standard InChI is InChI=1S/C22H34N2O/c1-13-20-19(24(4)23-13)12-18-16-6-5-14-11-15(25)7-9-21(14,2)17(16)8-10-22(18,20)3/h5,15-20,25H,6-12H2,1-4H3/t15-,16+,17-,18-,19+,20+,21-,22-/m0/s1. The maximum atomic E-state index is 10.2. The number of hydrogen-bond acceptors (Lipinski definition) is 3. The van der Waals surface area contributed by atoms with Gasteiger partial charge in [0.05, 0.1) is 12.1 Å².